The van der Waals surface area contributed by atoms with Gasteiger partial charge in [-0.25, -0.2) is 9.98 Å². The largest absolute Gasteiger partial charge is 0.394 e. The number of guanidine groups is 2. The Bertz CT molecular complexity index is 992. The molecular formula is C21H28N6O4. The van der Waals surface area contributed by atoms with Gasteiger partial charge in [-0.1, -0.05) is 30.4 Å². The first kappa shape index (κ1) is 20.3. The minimum absolute atomic E-state index is 0.0886. The number of aliphatic hydroxyl groups excluding tert-OH is 1. The first-order valence-corrected chi connectivity index (χ1v) is 10.5. The maximum atomic E-state index is 11.7. The smallest absolute Gasteiger partial charge is 0.218 e. The number of hydrogen-bond acceptors (Lipinski definition) is 10. The summed E-state index contributed by atoms with van der Waals surface area (Å²) in [5.74, 6) is -0.0767. The molecule has 31 heavy (non-hydrogen) atoms. The molecule has 0 bridgehead atoms. The van der Waals surface area contributed by atoms with E-state index in [1.165, 1.54) is 5.56 Å². The van der Waals surface area contributed by atoms with Crippen molar-refractivity contribution >= 4 is 18.0 Å². The van der Waals surface area contributed by atoms with E-state index >= 15 is 0 Å². The first-order chi connectivity index (χ1) is 14.8. The van der Waals surface area contributed by atoms with Gasteiger partial charge in [-0.3, -0.25) is 5.21 Å². The number of rotatable bonds is 4. The Morgan fingerprint density at radius 2 is 2.06 bits per heavy atom. The molecule has 1 saturated heterocycles. The van der Waals surface area contributed by atoms with Crippen molar-refractivity contribution in [1.29, 1.82) is 0 Å². The molecular weight excluding hydrogens is 400 g/mol. The minimum Gasteiger partial charge on any atom is -0.394 e. The van der Waals surface area contributed by atoms with Crippen LogP contribution in [0.15, 0.2) is 34.3 Å². The van der Waals surface area contributed by atoms with Gasteiger partial charge in [-0.2, -0.15) is 5.06 Å². The Hall–Kier alpha value is -2.66. The van der Waals surface area contributed by atoms with Crippen molar-refractivity contribution in [3.63, 3.8) is 0 Å². The van der Waals surface area contributed by atoms with E-state index in [0.29, 0.717) is 0 Å². The number of aliphatic imine (C=N–C) groups is 2. The van der Waals surface area contributed by atoms with E-state index in [0.717, 1.165) is 29.0 Å². The van der Waals surface area contributed by atoms with Crippen LogP contribution in [0.5, 0.6) is 0 Å². The maximum absolute atomic E-state index is 11.7. The van der Waals surface area contributed by atoms with Crippen molar-refractivity contribution < 1.29 is 20.2 Å². The van der Waals surface area contributed by atoms with Crippen LogP contribution in [0.3, 0.4) is 0 Å². The van der Waals surface area contributed by atoms with Crippen molar-refractivity contribution in [2.75, 3.05) is 13.2 Å². The number of hydroxylamine groups is 2. The second-order valence-electron chi connectivity index (χ2n) is 8.70. The van der Waals surface area contributed by atoms with Crippen molar-refractivity contribution in [2.24, 2.45) is 21.5 Å². The Kier molecular flexibility index (Phi) is 4.52. The fourth-order valence-electron chi connectivity index (χ4n) is 5.51. The minimum atomic E-state index is -1.63. The van der Waals surface area contributed by atoms with Crippen LogP contribution < -0.4 is 11.5 Å². The fourth-order valence-corrected chi connectivity index (χ4v) is 5.51. The third kappa shape index (κ3) is 2.59. The molecule has 166 valence electrons. The van der Waals surface area contributed by atoms with Crippen LogP contribution >= 0.6 is 0 Å². The summed E-state index contributed by atoms with van der Waals surface area (Å²) in [6.45, 7) is 1.69. The summed E-state index contributed by atoms with van der Waals surface area (Å²) in [7, 11) is 0. The number of aryl methyl sites for hydroxylation is 1. The van der Waals surface area contributed by atoms with Crippen LogP contribution in [-0.4, -0.2) is 79.9 Å². The summed E-state index contributed by atoms with van der Waals surface area (Å²) < 4.78 is 6.24. The molecule has 3 heterocycles. The van der Waals surface area contributed by atoms with Crippen LogP contribution in [0.2, 0.25) is 0 Å². The highest BCUT2D eigenvalue weighted by atomic mass is 16.5. The summed E-state index contributed by atoms with van der Waals surface area (Å²) in [6, 6.07) is 4.58. The number of fused-ring (bicyclic) bond motifs is 1. The number of aliphatic hydroxyl groups is 2. The standard InChI is InChI=1S/C21H28N6O4/c1-20(29)16(31-11-13-7-4-6-12-5-2-3-8-14(12)13)9-26-18(22)24-15(10-28)17-21(20,26)27(30)19(23)25-17/h3-4,6-8,15-17,28-30H,2,5,9-11H2,1H3,(H2,22,24)(H2,23,25). The third-order valence-corrected chi connectivity index (χ3v) is 7.07. The molecule has 0 saturated carbocycles. The van der Waals surface area contributed by atoms with Crippen LogP contribution in [0.25, 0.3) is 6.08 Å². The Morgan fingerprint density at radius 1 is 1.26 bits per heavy atom. The summed E-state index contributed by atoms with van der Waals surface area (Å²) >= 11 is 0. The lowest BCUT2D eigenvalue weighted by Crippen LogP contribution is -2.76. The van der Waals surface area contributed by atoms with Gasteiger partial charge in [0.25, 0.3) is 0 Å². The zero-order valence-corrected chi connectivity index (χ0v) is 17.3. The molecule has 0 amide bonds. The van der Waals surface area contributed by atoms with Gasteiger partial charge in [-0.05, 0) is 36.5 Å². The van der Waals surface area contributed by atoms with Gasteiger partial charge < -0.3 is 31.3 Å². The summed E-state index contributed by atoms with van der Waals surface area (Å²) in [4.78, 5) is 10.2. The molecule has 0 aromatic heterocycles. The molecule has 0 radical (unpaired) electrons. The average molecular weight is 428 g/mol. The van der Waals surface area contributed by atoms with Gasteiger partial charge >= 0.3 is 0 Å². The normalized spacial score (nSPS) is 36.1. The number of benzene rings is 1. The number of ether oxygens (including phenoxy) is 1. The molecule has 10 heteroatoms. The monoisotopic (exact) mass is 428 g/mol. The van der Waals surface area contributed by atoms with Crippen LogP contribution in [0.1, 0.15) is 30.0 Å². The van der Waals surface area contributed by atoms with Crippen LogP contribution in [0, 0.1) is 0 Å². The van der Waals surface area contributed by atoms with E-state index in [2.05, 4.69) is 28.2 Å². The van der Waals surface area contributed by atoms with Crippen molar-refractivity contribution in [1.82, 2.24) is 9.96 Å². The molecule has 1 aromatic carbocycles. The molecule has 3 aliphatic heterocycles. The predicted molar refractivity (Wildman–Crippen MR) is 114 cm³/mol. The SMILES string of the molecule is CC1(O)C(OCc2cccc3c2C=CCC3)CN2C(N)=NC(CO)C3N=C(N)N(O)C321. The van der Waals surface area contributed by atoms with E-state index in [4.69, 9.17) is 16.2 Å². The maximum Gasteiger partial charge on any atom is 0.218 e. The Morgan fingerprint density at radius 3 is 2.84 bits per heavy atom. The third-order valence-electron chi connectivity index (χ3n) is 7.07. The van der Waals surface area contributed by atoms with Gasteiger partial charge in [0.2, 0.25) is 5.96 Å². The van der Waals surface area contributed by atoms with Crippen molar-refractivity contribution in [3.05, 3.63) is 41.0 Å². The van der Waals surface area contributed by atoms with Gasteiger partial charge in [0, 0.05) is 0 Å². The van der Waals surface area contributed by atoms with E-state index in [-0.39, 0.29) is 31.7 Å². The average Bonchev–Trinajstić information content (AvgIpc) is 3.17. The lowest BCUT2D eigenvalue weighted by Gasteiger charge is -2.51. The molecule has 5 unspecified atom stereocenters. The van der Waals surface area contributed by atoms with Crippen molar-refractivity contribution in [3.8, 4) is 0 Å². The quantitative estimate of drug-likeness (QED) is 0.425. The Balaban J connectivity index is 1.48. The summed E-state index contributed by atoms with van der Waals surface area (Å²) in [5.41, 5.74) is 12.4. The van der Waals surface area contributed by atoms with Gasteiger partial charge in [0.1, 0.15) is 23.8 Å². The Labute approximate surface area is 180 Å². The van der Waals surface area contributed by atoms with Gasteiger partial charge in [-0.15, -0.1) is 0 Å². The second kappa shape index (κ2) is 6.92. The van der Waals surface area contributed by atoms with E-state index in [1.54, 1.807) is 11.8 Å². The molecule has 7 N–H and O–H groups in total. The topological polar surface area (TPSA) is 153 Å². The first-order valence-electron chi connectivity index (χ1n) is 10.5. The molecule has 1 spiro atoms. The molecule has 10 nitrogen and oxygen atoms in total. The van der Waals surface area contributed by atoms with Gasteiger partial charge in [0.15, 0.2) is 11.6 Å². The van der Waals surface area contributed by atoms with Crippen LogP contribution in [0.4, 0.5) is 0 Å². The molecule has 1 aromatic rings. The van der Waals surface area contributed by atoms with E-state index < -0.39 is 29.5 Å². The highest BCUT2D eigenvalue weighted by molar-refractivity contribution is 5.86. The molecule has 1 fully saturated rings. The number of allylic oxidation sites excluding steroid dienone is 1. The summed E-state index contributed by atoms with van der Waals surface area (Å²) in [5, 5.41) is 33.2. The highest BCUT2D eigenvalue weighted by Gasteiger charge is 2.74. The number of nitrogens with zero attached hydrogens (tertiary/aromatic N) is 4. The zero-order chi connectivity index (χ0) is 22.0. The summed E-state index contributed by atoms with van der Waals surface area (Å²) in [6.07, 6.45) is 5.55. The van der Waals surface area contributed by atoms with Crippen molar-refractivity contribution in [2.45, 2.75) is 55.8 Å². The molecule has 4 aliphatic rings. The second-order valence-corrected chi connectivity index (χ2v) is 8.70. The van der Waals surface area contributed by atoms with Crippen LogP contribution in [-0.2, 0) is 17.8 Å². The molecule has 5 atom stereocenters. The van der Waals surface area contributed by atoms with E-state index in [1.807, 2.05) is 12.1 Å². The van der Waals surface area contributed by atoms with E-state index in [9.17, 15) is 15.4 Å². The molecule has 5 rings (SSSR count). The van der Waals surface area contributed by atoms with Gasteiger partial charge in [0.05, 0.1) is 19.8 Å². The molecule has 1 aliphatic carbocycles. The fraction of sp³-hybridized carbons (Fsp3) is 0.524. The zero-order valence-electron chi connectivity index (χ0n) is 17.3. The lowest BCUT2D eigenvalue weighted by atomic mass is 9.79. The number of nitrogens with two attached hydrogens (primary N) is 2. The predicted octanol–water partition coefficient (Wildman–Crippen LogP) is -0.629. The lowest BCUT2D eigenvalue weighted by molar-refractivity contribution is -0.233. The highest BCUT2D eigenvalue weighted by Crippen LogP contribution is 2.50. The number of hydrogen-bond donors (Lipinski definition) is 5.